The number of nitrogens with one attached hydrogen (secondary N) is 1. The molecular weight excluding hydrogens is 499 g/mol. The fourth-order valence-corrected chi connectivity index (χ4v) is 4.56. The van der Waals surface area contributed by atoms with Gasteiger partial charge in [0, 0.05) is 25.3 Å². The van der Waals surface area contributed by atoms with E-state index in [0.29, 0.717) is 27.4 Å². The molecule has 0 saturated carbocycles. The number of carbonyl (C=O) groups is 2. The van der Waals surface area contributed by atoms with Gasteiger partial charge in [0.2, 0.25) is 5.95 Å². The number of halogens is 2. The molecule has 188 valence electrons. The molecular formula is C27H22ClFN4O4. The Bertz CT molecular complexity index is 1580. The van der Waals surface area contributed by atoms with Crippen LogP contribution >= 0.6 is 11.6 Å². The minimum absolute atomic E-state index is 0.0529. The fraction of sp³-hybridized carbons (Fsp3) is 0.148. The third-order valence-electron chi connectivity index (χ3n) is 6.25. The molecule has 1 atom stereocenters. The van der Waals surface area contributed by atoms with Crippen molar-refractivity contribution in [3.05, 3.63) is 88.2 Å². The van der Waals surface area contributed by atoms with Gasteiger partial charge in [-0.05, 0) is 54.1 Å². The number of aromatic nitrogens is 2. The van der Waals surface area contributed by atoms with Gasteiger partial charge in [0.1, 0.15) is 17.3 Å². The summed E-state index contributed by atoms with van der Waals surface area (Å²) in [7, 11) is 5.21. The smallest absolute Gasteiger partial charge is 0.302 e. The number of nitrogens with zero attached hydrogens (tertiary/aromatic N) is 3. The van der Waals surface area contributed by atoms with Crippen LogP contribution in [0.4, 0.5) is 16.0 Å². The topological polar surface area (TPSA) is 98.8 Å². The van der Waals surface area contributed by atoms with Crippen molar-refractivity contribution in [1.82, 2.24) is 9.97 Å². The second kappa shape index (κ2) is 9.25. The summed E-state index contributed by atoms with van der Waals surface area (Å²) in [5, 5.41) is 11.7. The zero-order valence-electron chi connectivity index (χ0n) is 20.1. The van der Waals surface area contributed by atoms with Gasteiger partial charge < -0.3 is 19.7 Å². The van der Waals surface area contributed by atoms with E-state index in [4.69, 9.17) is 16.3 Å². The molecule has 2 N–H and O–H groups in total. The molecule has 1 saturated heterocycles. The van der Waals surface area contributed by atoms with Crippen molar-refractivity contribution in [2.75, 3.05) is 31.0 Å². The Hall–Kier alpha value is -4.37. The van der Waals surface area contributed by atoms with E-state index in [0.717, 1.165) is 5.69 Å². The highest BCUT2D eigenvalue weighted by molar-refractivity contribution is 6.51. The van der Waals surface area contributed by atoms with Crippen LogP contribution < -0.4 is 14.5 Å². The third-order valence-corrected chi connectivity index (χ3v) is 6.57. The molecule has 0 spiro atoms. The van der Waals surface area contributed by atoms with Gasteiger partial charge >= 0.3 is 5.91 Å². The zero-order chi connectivity index (χ0) is 26.4. The molecule has 0 aliphatic carbocycles. The number of rotatable bonds is 5. The molecule has 3 aromatic carbocycles. The summed E-state index contributed by atoms with van der Waals surface area (Å²) in [6.45, 7) is 0. The van der Waals surface area contributed by atoms with Crippen LogP contribution in [0.15, 0.2) is 66.2 Å². The number of hydrogen-bond donors (Lipinski definition) is 2. The number of amides is 1. The molecule has 4 aromatic rings. The van der Waals surface area contributed by atoms with E-state index in [1.807, 2.05) is 31.1 Å². The molecule has 5 rings (SSSR count). The number of aliphatic hydroxyl groups is 1. The van der Waals surface area contributed by atoms with Gasteiger partial charge in [-0.2, -0.15) is 0 Å². The molecule has 37 heavy (non-hydrogen) atoms. The predicted molar refractivity (Wildman–Crippen MR) is 140 cm³/mol. The van der Waals surface area contributed by atoms with E-state index >= 15 is 0 Å². The van der Waals surface area contributed by atoms with E-state index < -0.39 is 23.5 Å². The van der Waals surface area contributed by atoms with E-state index in [1.165, 1.54) is 48.4 Å². The first kappa shape index (κ1) is 24.3. The van der Waals surface area contributed by atoms with Crippen molar-refractivity contribution in [3.8, 4) is 5.75 Å². The predicted octanol–water partition coefficient (Wildman–Crippen LogP) is 5.06. The molecule has 10 heteroatoms. The average molecular weight is 521 g/mol. The van der Waals surface area contributed by atoms with Crippen LogP contribution in [-0.4, -0.2) is 48.0 Å². The number of aromatic amines is 1. The highest BCUT2D eigenvalue weighted by Crippen LogP contribution is 2.42. The lowest BCUT2D eigenvalue weighted by Crippen LogP contribution is -2.30. The van der Waals surface area contributed by atoms with Crippen LogP contribution in [0.2, 0.25) is 5.02 Å². The van der Waals surface area contributed by atoms with Crippen molar-refractivity contribution in [1.29, 1.82) is 0 Å². The molecule has 1 aliphatic heterocycles. The number of carbonyl (C=O) groups excluding carboxylic acids is 2. The molecule has 1 fully saturated rings. The van der Waals surface area contributed by atoms with Gasteiger partial charge in [-0.15, -0.1) is 0 Å². The maximum absolute atomic E-state index is 13.8. The number of ketones is 1. The summed E-state index contributed by atoms with van der Waals surface area (Å²) in [4.78, 5) is 37.2. The highest BCUT2D eigenvalue weighted by atomic mass is 35.5. The number of fused-ring (bicyclic) bond motifs is 1. The highest BCUT2D eigenvalue weighted by Gasteiger charge is 2.48. The number of benzene rings is 3. The van der Waals surface area contributed by atoms with Crippen LogP contribution in [-0.2, 0) is 9.59 Å². The third kappa shape index (κ3) is 4.17. The summed E-state index contributed by atoms with van der Waals surface area (Å²) < 4.78 is 19.1. The van der Waals surface area contributed by atoms with Gasteiger partial charge in [-0.1, -0.05) is 23.7 Å². The number of aliphatic hydroxyl groups excluding tert-OH is 1. The number of anilines is 2. The minimum atomic E-state index is -1.01. The molecule has 1 aliphatic rings. The van der Waals surface area contributed by atoms with Crippen molar-refractivity contribution in [3.63, 3.8) is 0 Å². The maximum atomic E-state index is 13.8. The molecule has 0 radical (unpaired) electrons. The van der Waals surface area contributed by atoms with Gasteiger partial charge in [0.05, 0.1) is 34.8 Å². The van der Waals surface area contributed by atoms with E-state index in [1.54, 1.807) is 12.1 Å². The molecule has 0 bridgehead atoms. The van der Waals surface area contributed by atoms with Crippen molar-refractivity contribution < 1.29 is 23.8 Å². The summed E-state index contributed by atoms with van der Waals surface area (Å²) in [5.74, 6) is -2.29. The lowest BCUT2D eigenvalue weighted by molar-refractivity contribution is -0.132. The summed E-state index contributed by atoms with van der Waals surface area (Å²) in [5.41, 5.74) is 2.38. The number of ether oxygens (including phenoxy) is 1. The summed E-state index contributed by atoms with van der Waals surface area (Å²) >= 11 is 6.14. The first-order valence-electron chi connectivity index (χ1n) is 11.3. The number of imidazole rings is 1. The molecule has 2 heterocycles. The van der Waals surface area contributed by atoms with Crippen molar-refractivity contribution in [2.24, 2.45) is 0 Å². The monoisotopic (exact) mass is 520 g/mol. The van der Waals surface area contributed by atoms with Gasteiger partial charge in [-0.25, -0.2) is 9.37 Å². The Balaban J connectivity index is 1.72. The Kier molecular flexibility index (Phi) is 6.08. The molecule has 1 aromatic heterocycles. The van der Waals surface area contributed by atoms with E-state index in [-0.39, 0.29) is 22.8 Å². The minimum Gasteiger partial charge on any atom is -0.507 e. The first-order chi connectivity index (χ1) is 17.7. The summed E-state index contributed by atoms with van der Waals surface area (Å²) in [6.07, 6.45) is 0. The van der Waals surface area contributed by atoms with Gasteiger partial charge in [0.25, 0.3) is 5.78 Å². The van der Waals surface area contributed by atoms with Crippen molar-refractivity contribution in [2.45, 2.75) is 6.04 Å². The quantitative estimate of drug-likeness (QED) is 0.217. The van der Waals surface area contributed by atoms with Gasteiger partial charge in [0.15, 0.2) is 0 Å². The van der Waals surface area contributed by atoms with Crippen LogP contribution in [0, 0.1) is 5.82 Å². The lowest BCUT2D eigenvalue weighted by Gasteiger charge is -2.24. The maximum Gasteiger partial charge on any atom is 0.302 e. The van der Waals surface area contributed by atoms with Crippen LogP contribution in [0.1, 0.15) is 17.2 Å². The largest absolute Gasteiger partial charge is 0.507 e. The SMILES string of the molecule is COc1cc(/C(O)=C2\C(=O)C(=O)N(c3nc4ccc(F)cc4[nH]3)C2c2ccc(N(C)C)cc2)ccc1Cl. The Morgan fingerprint density at radius 1 is 1.11 bits per heavy atom. The second-order valence-corrected chi connectivity index (χ2v) is 9.13. The molecule has 8 nitrogen and oxygen atoms in total. The Labute approximate surface area is 216 Å². The Morgan fingerprint density at radius 3 is 2.51 bits per heavy atom. The van der Waals surface area contributed by atoms with Crippen molar-refractivity contribution >= 4 is 51.7 Å². The van der Waals surface area contributed by atoms with E-state index in [9.17, 15) is 19.1 Å². The number of Topliss-reactive ketones (excluding diaryl/α,β-unsaturated/α-hetero) is 1. The Morgan fingerprint density at radius 2 is 1.84 bits per heavy atom. The average Bonchev–Trinajstić information content (AvgIpc) is 3.41. The normalized spacial score (nSPS) is 17.0. The standard InChI is InChI=1S/C27H22ClFN4O4/c1-32(2)17-8-4-14(5-9-17)23-22(24(34)15-6-10-18(28)21(12-15)37-3)25(35)26(36)33(23)27-30-19-11-7-16(29)13-20(19)31-27/h4-13,23,34H,1-3H3,(H,30,31)/b24-22+. The second-order valence-electron chi connectivity index (χ2n) is 8.73. The zero-order valence-corrected chi connectivity index (χ0v) is 20.9. The number of H-pyrrole nitrogens is 1. The van der Waals surface area contributed by atoms with Crippen LogP contribution in [0.5, 0.6) is 5.75 Å². The molecule has 1 amide bonds. The van der Waals surface area contributed by atoms with E-state index in [2.05, 4.69) is 9.97 Å². The fourth-order valence-electron chi connectivity index (χ4n) is 4.37. The number of methoxy groups -OCH3 is 1. The van der Waals surface area contributed by atoms with Crippen LogP contribution in [0.3, 0.4) is 0 Å². The first-order valence-corrected chi connectivity index (χ1v) is 11.6. The number of hydrogen-bond acceptors (Lipinski definition) is 6. The van der Waals surface area contributed by atoms with Crippen LogP contribution in [0.25, 0.3) is 16.8 Å². The molecule has 1 unspecified atom stereocenters. The lowest BCUT2D eigenvalue weighted by atomic mass is 9.95. The summed E-state index contributed by atoms with van der Waals surface area (Å²) in [6, 6.07) is 14.8. The van der Waals surface area contributed by atoms with Gasteiger partial charge in [-0.3, -0.25) is 14.5 Å².